The standard InChI is InChI=1S/C13H14BrN3/c1-9-3-5-11(6-4-9)8-15-13-7-12(14)16-10(2)17-13/h3-7H,8H2,1-2H3,(H,15,16,17). The Labute approximate surface area is 109 Å². The molecule has 3 nitrogen and oxygen atoms in total. The van der Waals surface area contributed by atoms with Crippen LogP contribution in [0, 0.1) is 13.8 Å². The van der Waals surface area contributed by atoms with Crippen molar-refractivity contribution in [2.24, 2.45) is 0 Å². The zero-order valence-corrected chi connectivity index (χ0v) is 11.5. The van der Waals surface area contributed by atoms with Crippen LogP contribution < -0.4 is 5.32 Å². The lowest BCUT2D eigenvalue weighted by Crippen LogP contribution is -2.03. The van der Waals surface area contributed by atoms with E-state index in [0.29, 0.717) is 0 Å². The molecule has 2 rings (SSSR count). The van der Waals surface area contributed by atoms with Crippen LogP contribution in [0.1, 0.15) is 17.0 Å². The van der Waals surface area contributed by atoms with E-state index in [1.807, 2.05) is 13.0 Å². The number of hydrogen-bond donors (Lipinski definition) is 1. The van der Waals surface area contributed by atoms with Crippen molar-refractivity contribution in [1.82, 2.24) is 9.97 Å². The van der Waals surface area contributed by atoms with Crippen LogP contribution in [-0.4, -0.2) is 9.97 Å². The zero-order chi connectivity index (χ0) is 12.3. The number of anilines is 1. The SMILES string of the molecule is Cc1ccc(CNc2cc(Br)nc(C)n2)cc1. The van der Waals surface area contributed by atoms with Gasteiger partial charge < -0.3 is 5.32 Å². The molecule has 0 saturated heterocycles. The first-order valence-corrected chi connectivity index (χ1v) is 6.23. The van der Waals surface area contributed by atoms with Crippen molar-refractivity contribution in [2.45, 2.75) is 20.4 Å². The summed E-state index contributed by atoms with van der Waals surface area (Å²) in [6.45, 7) is 4.73. The highest BCUT2D eigenvalue weighted by Gasteiger charge is 1.99. The maximum Gasteiger partial charge on any atom is 0.131 e. The summed E-state index contributed by atoms with van der Waals surface area (Å²) in [7, 11) is 0. The molecule has 1 heterocycles. The lowest BCUT2D eigenvalue weighted by molar-refractivity contribution is 1.01. The Bertz CT molecular complexity index is 488. The van der Waals surface area contributed by atoms with E-state index in [2.05, 4.69) is 62.4 Å². The van der Waals surface area contributed by atoms with Crippen molar-refractivity contribution in [3.8, 4) is 0 Å². The minimum absolute atomic E-state index is 0.755. The number of nitrogens with one attached hydrogen (secondary N) is 1. The van der Waals surface area contributed by atoms with Crippen molar-refractivity contribution in [2.75, 3.05) is 5.32 Å². The molecule has 17 heavy (non-hydrogen) atoms. The molecule has 0 spiro atoms. The van der Waals surface area contributed by atoms with Crippen molar-refractivity contribution in [3.05, 3.63) is 51.9 Å². The molecule has 0 aliphatic heterocycles. The largest absolute Gasteiger partial charge is 0.366 e. The van der Waals surface area contributed by atoms with E-state index in [1.165, 1.54) is 11.1 Å². The number of rotatable bonds is 3. The van der Waals surface area contributed by atoms with E-state index in [-0.39, 0.29) is 0 Å². The molecule has 1 N–H and O–H groups in total. The number of halogens is 1. The van der Waals surface area contributed by atoms with Crippen LogP contribution in [0.15, 0.2) is 34.9 Å². The molecule has 0 radical (unpaired) electrons. The predicted octanol–water partition coefficient (Wildman–Crippen LogP) is 3.47. The molecular weight excluding hydrogens is 278 g/mol. The summed E-state index contributed by atoms with van der Waals surface area (Å²) in [6.07, 6.45) is 0. The van der Waals surface area contributed by atoms with Crippen LogP contribution in [0.3, 0.4) is 0 Å². The Balaban J connectivity index is 2.04. The average Bonchev–Trinajstić information content (AvgIpc) is 2.27. The van der Waals surface area contributed by atoms with Crippen LogP contribution in [0.4, 0.5) is 5.82 Å². The van der Waals surface area contributed by atoms with E-state index < -0.39 is 0 Å². The monoisotopic (exact) mass is 291 g/mol. The highest BCUT2D eigenvalue weighted by atomic mass is 79.9. The van der Waals surface area contributed by atoms with Gasteiger partial charge in [-0.1, -0.05) is 29.8 Å². The highest BCUT2D eigenvalue weighted by Crippen LogP contribution is 2.13. The van der Waals surface area contributed by atoms with E-state index in [4.69, 9.17) is 0 Å². The van der Waals surface area contributed by atoms with Gasteiger partial charge in [0.1, 0.15) is 16.2 Å². The maximum absolute atomic E-state index is 4.31. The first kappa shape index (κ1) is 12.0. The maximum atomic E-state index is 4.31. The summed E-state index contributed by atoms with van der Waals surface area (Å²) < 4.78 is 0.802. The number of aromatic nitrogens is 2. The van der Waals surface area contributed by atoms with Crippen molar-refractivity contribution >= 4 is 21.7 Å². The first-order chi connectivity index (χ1) is 8.13. The van der Waals surface area contributed by atoms with Gasteiger partial charge in [-0.05, 0) is 35.3 Å². The van der Waals surface area contributed by atoms with Gasteiger partial charge in [0.2, 0.25) is 0 Å². The molecule has 2 aromatic rings. The van der Waals surface area contributed by atoms with Gasteiger partial charge in [0.05, 0.1) is 0 Å². The minimum Gasteiger partial charge on any atom is -0.366 e. The number of hydrogen-bond acceptors (Lipinski definition) is 3. The summed E-state index contributed by atoms with van der Waals surface area (Å²) in [5, 5.41) is 3.28. The molecule has 88 valence electrons. The lowest BCUT2D eigenvalue weighted by Gasteiger charge is -2.07. The van der Waals surface area contributed by atoms with Gasteiger partial charge in [-0.3, -0.25) is 0 Å². The van der Waals surface area contributed by atoms with Crippen molar-refractivity contribution < 1.29 is 0 Å². The number of aryl methyl sites for hydroxylation is 2. The summed E-state index contributed by atoms with van der Waals surface area (Å²) >= 11 is 3.36. The fourth-order valence-electron chi connectivity index (χ4n) is 1.52. The molecule has 0 atom stereocenters. The molecule has 0 fully saturated rings. The fourth-order valence-corrected chi connectivity index (χ4v) is 1.99. The zero-order valence-electron chi connectivity index (χ0n) is 9.87. The third kappa shape index (κ3) is 3.53. The second-order valence-electron chi connectivity index (χ2n) is 3.96. The highest BCUT2D eigenvalue weighted by molar-refractivity contribution is 9.10. The fraction of sp³-hybridized carbons (Fsp3) is 0.231. The van der Waals surface area contributed by atoms with Crippen LogP contribution >= 0.6 is 15.9 Å². The van der Waals surface area contributed by atoms with Crippen LogP contribution in [-0.2, 0) is 6.54 Å². The number of nitrogens with zero attached hydrogens (tertiary/aromatic N) is 2. The Hall–Kier alpha value is -1.42. The van der Waals surface area contributed by atoms with Crippen LogP contribution in [0.5, 0.6) is 0 Å². The van der Waals surface area contributed by atoms with Gasteiger partial charge in [0.25, 0.3) is 0 Å². The second-order valence-corrected chi connectivity index (χ2v) is 4.77. The third-order valence-electron chi connectivity index (χ3n) is 2.40. The Morgan fingerprint density at radius 3 is 2.47 bits per heavy atom. The van der Waals surface area contributed by atoms with E-state index in [9.17, 15) is 0 Å². The van der Waals surface area contributed by atoms with Crippen LogP contribution in [0.25, 0.3) is 0 Å². The molecule has 0 aliphatic carbocycles. The molecular formula is C13H14BrN3. The summed E-state index contributed by atoms with van der Waals surface area (Å²) in [4.78, 5) is 8.48. The first-order valence-electron chi connectivity index (χ1n) is 5.44. The summed E-state index contributed by atoms with van der Waals surface area (Å²) in [5.74, 6) is 1.59. The normalized spacial score (nSPS) is 10.3. The topological polar surface area (TPSA) is 37.8 Å². The molecule has 0 bridgehead atoms. The lowest BCUT2D eigenvalue weighted by atomic mass is 10.1. The second kappa shape index (κ2) is 5.27. The molecule has 0 aliphatic rings. The smallest absolute Gasteiger partial charge is 0.131 e. The van der Waals surface area contributed by atoms with E-state index in [0.717, 1.165) is 22.8 Å². The van der Waals surface area contributed by atoms with E-state index >= 15 is 0 Å². The van der Waals surface area contributed by atoms with Crippen LogP contribution in [0.2, 0.25) is 0 Å². The van der Waals surface area contributed by atoms with Gasteiger partial charge in [0, 0.05) is 12.6 Å². The van der Waals surface area contributed by atoms with Gasteiger partial charge >= 0.3 is 0 Å². The Morgan fingerprint density at radius 2 is 1.82 bits per heavy atom. The Morgan fingerprint density at radius 1 is 1.12 bits per heavy atom. The Kier molecular flexibility index (Phi) is 3.74. The molecule has 0 saturated carbocycles. The summed E-state index contributed by atoms with van der Waals surface area (Å²) in [5.41, 5.74) is 2.51. The van der Waals surface area contributed by atoms with Crippen molar-refractivity contribution in [1.29, 1.82) is 0 Å². The molecule has 1 aromatic heterocycles. The molecule has 1 aromatic carbocycles. The van der Waals surface area contributed by atoms with Gasteiger partial charge in [0.15, 0.2) is 0 Å². The molecule has 0 unspecified atom stereocenters. The summed E-state index contributed by atoms with van der Waals surface area (Å²) in [6, 6.07) is 10.3. The molecule has 0 amide bonds. The van der Waals surface area contributed by atoms with Gasteiger partial charge in [-0.25, -0.2) is 9.97 Å². The average molecular weight is 292 g/mol. The van der Waals surface area contributed by atoms with Gasteiger partial charge in [-0.15, -0.1) is 0 Å². The van der Waals surface area contributed by atoms with Crippen molar-refractivity contribution in [3.63, 3.8) is 0 Å². The minimum atomic E-state index is 0.755. The van der Waals surface area contributed by atoms with Gasteiger partial charge in [-0.2, -0.15) is 0 Å². The van der Waals surface area contributed by atoms with E-state index in [1.54, 1.807) is 0 Å². The quantitative estimate of drug-likeness (QED) is 0.880. The molecule has 4 heteroatoms. The number of benzene rings is 1. The third-order valence-corrected chi connectivity index (χ3v) is 2.81. The predicted molar refractivity (Wildman–Crippen MR) is 73.0 cm³/mol.